The summed E-state index contributed by atoms with van der Waals surface area (Å²) in [5.41, 5.74) is 18.6. The lowest BCUT2D eigenvalue weighted by Crippen LogP contribution is -2.20. The van der Waals surface area contributed by atoms with Crippen molar-refractivity contribution in [2.24, 2.45) is 0 Å². The predicted octanol–water partition coefficient (Wildman–Crippen LogP) is 17.8. The highest BCUT2D eigenvalue weighted by Gasteiger charge is 2.25. The molecule has 68 heavy (non-hydrogen) atoms. The maximum Gasteiger partial charge on any atom is 0.0998 e. The molecule has 1 heterocycles. The van der Waals surface area contributed by atoms with Gasteiger partial charge in [-0.1, -0.05) is 212 Å². The number of anilines is 2. The number of benzene rings is 12. The SMILES string of the molecule is N#Cc1ccc2c3c1ccc1c(-c4ccc(-c5ccc6c(-c7ccc(-c8ccccc8)cc7)c7ccccc7c(-c7ccc(-c8ccccc8)cc7)c6c5)cc4)ccc(c13)N(c1ccccc1)C2. The highest BCUT2D eigenvalue weighted by molar-refractivity contribution is 6.23. The number of hydrogen-bond acceptors (Lipinski definition) is 2. The average molecular weight is 863 g/mol. The molecule has 2 heteroatoms. The van der Waals surface area contributed by atoms with Crippen LogP contribution in [0.4, 0.5) is 11.4 Å². The molecule has 2 nitrogen and oxygen atoms in total. The largest absolute Gasteiger partial charge is 0.336 e. The highest BCUT2D eigenvalue weighted by atomic mass is 15.1. The van der Waals surface area contributed by atoms with Crippen LogP contribution in [0.1, 0.15) is 11.1 Å². The molecule has 1 aliphatic rings. The first-order chi connectivity index (χ1) is 33.7. The molecule has 0 radical (unpaired) electrons. The molecule has 13 rings (SSSR count). The van der Waals surface area contributed by atoms with Crippen LogP contribution in [0.25, 0.3) is 110 Å². The maximum atomic E-state index is 10.1. The molecule has 0 N–H and O–H groups in total. The van der Waals surface area contributed by atoms with E-state index >= 15 is 0 Å². The standard InChI is InChI=1S/C66H42N2/c67-41-52-32-33-53-42-68(54-16-8-3-9-17-54)62-39-38-55(59-37-36-56(52)65(53)66(59)62)48-26-20-47(21-27-48)51-34-35-60-61(40-51)64(50-30-24-46(25-31-50)44-14-6-2-7-15-44)58-19-11-10-18-57(58)63(60)49-28-22-45(23-29-49)43-12-4-1-5-13-43/h1-40H,42H2. The minimum absolute atomic E-state index is 0.711. The Morgan fingerprint density at radius 2 is 0.779 bits per heavy atom. The van der Waals surface area contributed by atoms with E-state index in [0.717, 1.165) is 28.7 Å². The van der Waals surface area contributed by atoms with Crippen molar-refractivity contribution < 1.29 is 0 Å². The summed E-state index contributed by atoms with van der Waals surface area (Å²) in [7, 11) is 0. The third-order valence-electron chi connectivity index (χ3n) is 14.1. The van der Waals surface area contributed by atoms with Gasteiger partial charge in [0.25, 0.3) is 0 Å². The molecule has 0 aromatic heterocycles. The normalized spacial score (nSPS) is 12.0. The van der Waals surface area contributed by atoms with Crippen molar-refractivity contribution >= 4 is 54.5 Å². The Hall–Kier alpha value is -9.03. The second kappa shape index (κ2) is 16.1. The molecular weight excluding hydrogens is 821 g/mol. The Kier molecular flexibility index (Phi) is 9.34. The lowest BCUT2D eigenvalue weighted by atomic mass is 9.84. The van der Waals surface area contributed by atoms with Crippen LogP contribution in [0.3, 0.4) is 0 Å². The summed E-state index contributed by atoms with van der Waals surface area (Å²) < 4.78 is 0. The van der Waals surface area contributed by atoms with Crippen LogP contribution >= 0.6 is 0 Å². The molecule has 0 bridgehead atoms. The number of rotatable bonds is 7. The van der Waals surface area contributed by atoms with Crippen molar-refractivity contribution in [2.45, 2.75) is 6.54 Å². The van der Waals surface area contributed by atoms with Gasteiger partial charge >= 0.3 is 0 Å². The van der Waals surface area contributed by atoms with E-state index in [1.165, 1.54) is 105 Å². The Bertz CT molecular complexity index is 3940. The molecular formula is C66H42N2. The number of hydrogen-bond donors (Lipinski definition) is 0. The fourth-order valence-corrected chi connectivity index (χ4v) is 10.9. The third kappa shape index (κ3) is 6.48. The van der Waals surface area contributed by atoms with Gasteiger partial charge in [-0.2, -0.15) is 5.26 Å². The van der Waals surface area contributed by atoms with Gasteiger partial charge in [-0.05, 0) is 135 Å². The molecule has 0 spiro atoms. The van der Waals surface area contributed by atoms with Crippen molar-refractivity contribution in [3.8, 4) is 72.8 Å². The van der Waals surface area contributed by atoms with Crippen LogP contribution < -0.4 is 4.90 Å². The van der Waals surface area contributed by atoms with Crippen LogP contribution in [0.2, 0.25) is 0 Å². The molecule has 0 saturated heterocycles. The van der Waals surface area contributed by atoms with Gasteiger partial charge in [-0.15, -0.1) is 0 Å². The third-order valence-corrected chi connectivity index (χ3v) is 14.1. The lowest BCUT2D eigenvalue weighted by Gasteiger charge is -2.32. The molecule has 1 aliphatic heterocycles. The molecule has 12 aromatic rings. The number of para-hydroxylation sites is 1. The van der Waals surface area contributed by atoms with Crippen LogP contribution in [-0.4, -0.2) is 0 Å². The monoisotopic (exact) mass is 862 g/mol. The molecule has 12 aromatic carbocycles. The maximum absolute atomic E-state index is 10.1. The van der Waals surface area contributed by atoms with E-state index in [1.54, 1.807) is 0 Å². The fourth-order valence-electron chi connectivity index (χ4n) is 10.9. The van der Waals surface area contributed by atoms with Crippen molar-refractivity contribution in [1.29, 1.82) is 5.26 Å². The molecule has 0 unspecified atom stereocenters. The first-order valence-corrected chi connectivity index (χ1v) is 23.3. The minimum Gasteiger partial charge on any atom is -0.336 e. The first-order valence-electron chi connectivity index (χ1n) is 23.3. The van der Waals surface area contributed by atoms with Crippen LogP contribution in [0, 0.1) is 11.3 Å². The molecule has 0 saturated carbocycles. The van der Waals surface area contributed by atoms with E-state index in [9.17, 15) is 5.26 Å². The van der Waals surface area contributed by atoms with E-state index in [-0.39, 0.29) is 0 Å². The molecule has 0 aliphatic carbocycles. The summed E-state index contributed by atoms with van der Waals surface area (Å²) in [6, 6.07) is 90.6. The van der Waals surface area contributed by atoms with Gasteiger partial charge in [0.2, 0.25) is 0 Å². The Labute approximate surface area is 395 Å². The van der Waals surface area contributed by atoms with E-state index in [0.29, 0.717) is 5.56 Å². The van der Waals surface area contributed by atoms with Crippen molar-refractivity contribution in [1.82, 2.24) is 0 Å². The molecule has 0 fully saturated rings. The number of fused-ring (bicyclic) bond motifs is 2. The Morgan fingerprint density at radius 1 is 0.324 bits per heavy atom. The average Bonchev–Trinajstić information content (AvgIpc) is 3.42. The van der Waals surface area contributed by atoms with Crippen LogP contribution in [0.5, 0.6) is 0 Å². The summed E-state index contributed by atoms with van der Waals surface area (Å²) in [6.07, 6.45) is 0. The van der Waals surface area contributed by atoms with Crippen molar-refractivity contribution in [3.05, 3.63) is 254 Å². The van der Waals surface area contributed by atoms with Gasteiger partial charge in [0.05, 0.1) is 11.6 Å². The summed E-state index contributed by atoms with van der Waals surface area (Å²) in [4.78, 5) is 2.41. The number of nitrogens with zero attached hydrogens (tertiary/aromatic N) is 2. The van der Waals surface area contributed by atoms with E-state index in [4.69, 9.17) is 0 Å². The quantitative estimate of drug-likeness (QED) is 0.118. The Morgan fingerprint density at radius 3 is 1.38 bits per heavy atom. The first kappa shape index (κ1) is 39.3. The molecule has 0 atom stereocenters. The van der Waals surface area contributed by atoms with Gasteiger partial charge in [-0.3, -0.25) is 0 Å². The minimum atomic E-state index is 0.711. The van der Waals surface area contributed by atoms with Crippen LogP contribution in [-0.2, 0) is 6.54 Å². The zero-order chi connectivity index (χ0) is 45.1. The highest BCUT2D eigenvalue weighted by Crippen LogP contribution is 2.48. The molecule has 0 amide bonds. The lowest BCUT2D eigenvalue weighted by molar-refractivity contribution is 0.982. The van der Waals surface area contributed by atoms with E-state index in [2.05, 4.69) is 248 Å². The summed E-state index contributed by atoms with van der Waals surface area (Å²) in [5.74, 6) is 0. The summed E-state index contributed by atoms with van der Waals surface area (Å²) >= 11 is 0. The van der Waals surface area contributed by atoms with Gasteiger partial charge in [-0.25, -0.2) is 0 Å². The zero-order valence-electron chi connectivity index (χ0n) is 37.2. The van der Waals surface area contributed by atoms with E-state index < -0.39 is 0 Å². The second-order valence-electron chi connectivity index (χ2n) is 17.9. The second-order valence-corrected chi connectivity index (χ2v) is 17.9. The fraction of sp³-hybridized carbons (Fsp3) is 0.0152. The van der Waals surface area contributed by atoms with Gasteiger partial charge in [0.15, 0.2) is 0 Å². The number of nitriles is 1. The van der Waals surface area contributed by atoms with Crippen molar-refractivity contribution in [3.63, 3.8) is 0 Å². The molecule has 316 valence electrons. The topological polar surface area (TPSA) is 27.0 Å². The van der Waals surface area contributed by atoms with E-state index in [1.807, 2.05) is 6.07 Å². The predicted molar refractivity (Wildman–Crippen MR) is 286 cm³/mol. The zero-order valence-corrected chi connectivity index (χ0v) is 37.2. The van der Waals surface area contributed by atoms with Gasteiger partial charge < -0.3 is 4.90 Å². The van der Waals surface area contributed by atoms with Gasteiger partial charge in [0, 0.05) is 28.7 Å². The van der Waals surface area contributed by atoms with Gasteiger partial charge in [0.1, 0.15) is 0 Å². The van der Waals surface area contributed by atoms with Crippen LogP contribution in [0.15, 0.2) is 243 Å². The summed E-state index contributed by atoms with van der Waals surface area (Å²) in [5, 5.41) is 19.6. The summed E-state index contributed by atoms with van der Waals surface area (Å²) in [6.45, 7) is 0.747. The smallest absolute Gasteiger partial charge is 0.0998 e. The van der Waals surface area contributed by atoms with Crippen molar-refractivity contribution in [2.75, 3.05) is 4.90 Å². The Balaban J connectivity index is 0.961.